The van der Waals surface area contributed by atoms with Crippen LogP contribution in [0.5, 0.6) is 11.5 Å². The predicted molar refractivity (Wildman–Crippen MR) is 89.4 cm³/mol. The fourth-order valence-corrected chi connectivity index (χ4v) is 2.38. The highest BCUT2D eigenvalue weighted by molar-refractivity contribution is 5.92. The van der Waals surface area contributed by atoms with Crippen LogP contribution in [0.4, 0.5) is 5.69 Å². The van der Waals surface area contributed by atoms with Gasteiger partial charge >= 0.3 is 0 Å². The molecule has 2 rings (SSSR count). The van der Waals surface area contributed by atoms with Gasteiger partial charge in [-0.1, -0.05) is 0 Å². The number of hydrogen-bond acceptors (Lipinski definition) is 5. The van der Waals surface area contributed by atoms with Gasteiger partial charge in [0.05, 0.1) is 20.8 Å². The van der Waals surface area contributed by atoms with Crippen molar-refractivity contribution in [3.63, 3.8) is 0 Å². The predicted octanol–water partition coefficient (Wildman–Crippen LogP) is 1.36. The number of nitrogens with one attached hydrogen (secondary N) is 2. The fraction of sp³-hybridized carbons (Fsp3) is 0.533. The van der Waals surface area contributed by atoms with E-state index in [1.165, 1.54) is 0 Å². The molecule has 1 aromatic carbocycles. The average molecular weight is 330 g/mol. The molecule has 0 spiro atoms. The van der Waals surface area contributed by atoms with Gasteiger partial charge in [0.2, 0.25) is 5.91 Å². The molecule has 7 heteroatoms. The maximum absolute atomic E-state index is 12.1. The second-order valence-electron chi connectivity index (χ2n) is 5.00. The Bertz CT molecular complexity index is 477. The highest BCUT2D eigenvalue weighted by Gasteiger charge is 2.13. The Kier molecular flexibility index (Phi) is 8.01. The SMILES string of the molecule is COc1ccc(NC(=O)CN2CCCNCC2)cc1OC.Cl. The summed E-state index contributed by atoms with van der Waals surface area (Å²) in [6, 6.07) is 5.36. The number of amides is 1. The third kappa shape index (κ3) is 5.36. The van der Waals surface area contributed by atoms with Gasteiger partial charge in [0.1, 0.15) is 0 Å². The number of nitrogens with zero attached hydrogens (tertiary/aromatic N) is 1. The molecule has 2 N–H and O–H groups in total. The minimum absolute atomic E-state index is 0. The van der Waals surface area contributed by atoms with E-state index in [4.69, 9.17) is 9.47 Å². The van der Waals surface area contributed by atoms with Gasteiger partial charge in [0.25, 0.3) is 0 Å². The number of methoxy groups -OCH3 is 2. The lowest BCUT2D eigenvalue weighted by atomic mass is 10.2. The summed E-state index contributed by atoms with van der Waals surface area (Å²) in [6.45, 7) is 4.22. The number of rotatable bonds is 5. The topological polar surface area (TPSA) is 62.8 Å². The monoisotopic (exact) mass is 329 g/mol. The van der Waals surface area contributed by atoms with Crippen molar-refractivity contribution in [3.05, 3.63) is 18.2 Å². The minimum atomic E-state index is -0.0101. The number of ether oxygens (including phenoxy) is 2. The molecule has 0 radical (unpaired) electrons. The van der Waals surface area contributed by atoms with Gasteiger partial charge in [-0.05, 0) is 31.6 Å². The largest absolute Gasteiger partial charge is 0.493 e. The van der Waals surface area contributed by atoms with Crippen molar-refractivity contribution in [2.45, 2.75) is 6.42 Å². The quantitative estimate of drug-likeness (QED) is 0.854. The van der Waals surface area contributed by atoms with Crippen LogP contribution in [-0.2, 0) is 4.79 Å². The molecule has 1 saturated heterocycles. The number of halogens is 1. The zero-order chi connectivity index (χ0) is 15.1. The van der Waals surface area contributed by atoms with Crippen LogP contribution in [0.3, 0.4) is 0 Å². The van der Waals surface area contributed by atoms with Crippen LogP contribution in [0.15, 0.2) is 18.2 Å². The Labute approximate surface area is 137 Å². The molecule has 6 nitrogen and oxygen atoms in total. The lowest BCUT2D eigenvalue weighted by Crippen LogP contribution is -2.35. The van der Waals surface area contributed by atoms with Crippen LogP contribution in [0.25, 0.3) is 0 Å². The standard InChI is InChI=1S/C15H23N3O3.ClH/c1-20-13-5-4-12(10-14(13)21-2)17-15(19)11-18-8-3-6-16-7-9-18;/h4-5,10,16H,3,6-9,11H2,1-2H3,(H,17,19);1H. The Morgan fingerprint density at radius 2 is 2.00 bits per heavy atom. The number of benzene rings is 1. The number of carbonyl (C=O) groups excluding carboxylic acids is 1. The Hall–Kier alpha value is -1.50. The van der Waals surface area contributed by atoms with Crippen molar-refractivity contribution in [2.75, 3.05) is 52.3 Å². The molecule has 0 bridgehead atoms. The smallest absolute Gasteiger partial charge is 0.238 e. The van der Waals surface area contributed by atoms with Gasteiger partial charge in [-0.3, -0.25) is 9.69 Å². The maximum Gasteiger partial charge on any atom is 0.238 e. The van der Waals surface area contributed by atoms with Gasteiger partial charge < -0.3 is 20.1 Å². The van der Waals surface area contributed by atoms with E-state index >= 15 is 0 Å². The van der Waals surface area contributed by atoms with E-state index < -0.39 is 0 Å². The highest BCUT2D eigenvalue weighted by atomic mass is 35.5. The van der Waals surface area contributed by atoms with E-state index in [0.29, 0.717) is 23.7 Å². The van der Waals surface area contributed by atoms with Crippen molar-refractivity contribution in [1.29, 1.82) is 0 Å². The van der Waals surface area contributed by atoms with Crippen LogP contribution in [0, 0.1) is 0 Å². The molecule has 1 aliphatic rings. The summed E-state index contributed by atoms with van der Waals surface area (Å²) < 4.78 is 10.4. The number of anilines is 1. The van der Waals surface area contributed by atoms with Crippen molar-refractivity contribution in [2.24, 2.45) is 0 Å². The van der Waals surface area contributed by atoms with Crippen LogP contribution in [0.1, 0.15) is 6.42 Å². The third-order valence-electron chi connectivity index (χ3n) is 3.47. The molecular weight excluding hydrogens is 306 g/mol. The summed E-state index contributed by atoms with van der Waals surface area (Å²) in [5, 5.41) is 6.22. The molecule has 1 aromatic rings. The van der Waals surface area contributed by atoms with E-state index in [1.54, 1.807) is 26.4 Å². The lowest BCUT2D eigenvalue weighted by molar-refractivity contribution is -0.117. The van der Waals surface area contributed by atoms with Crippen molar-refractivity contribution < 1.29 is 14.3 Å². The maximum atomic E-state index is 12.1. The first kappa shape index (κ1) is 18.5. The summed E-state index contributed by atoms with van der Waals surface area (Å²) in [5.74, 6) is 1.24. The first-order chi connectivity index (χ1) is 10.2. The van der Waals surface area contributed by atoms with Gasteiger partial charge in [0, 0.05) is 24.8 Å². The Morgan fingerprint density at radius 3 is 2.73 bits per heavy atom. The molecule has 1 heterocycles. The number of hydrogen-bond donors (Lipinski definition) is 2. The summed E-state index contributed by atoms with van der Waals surface area (Å²) in [7, 11) is 3.16. The highest BCUT2D eigenvalue weighted by Crippen LogP contribution is 2.29. The zero-order valence-electron chi connectivity index (χ0n) is 13.1. The molecule has 22 heavy (non-hydrogen) atoms. The summed E-state index contributed by atoms with van der Waals surface area (Å²) in [4.78, 5) is 14.3. The lowest BCUT2D eigenvalue weighted by Gasteiger charge is -2.19. The van der Waals surface area contributed by atoms with E-state index in [2.05, 4.69) is 15.5 Å². The van der Waals surface area contributed by atoms with E-state index in [-0.39, 0.29) is 18.3 Å². The van der Waals surface area contributed by atoms with Crippen molar-refractivity contribution in [1.82, 2.24) is 10.2 Å². The van der Waals surface area contributed by atoms with Gasteiger partial charge in [-0.2, -0.15) is 0 Å². The minimum Gasteiger partial charge on any atom is -0.493 e. The molecular formula is C15H24ClN3O3. The molecule has 0 saturated carbocycles. The summed E-state index contributed by atoms with van der Waals surface area (Å²) >= 11 is 0. The fourth-order valence-electron chi connectivity index (χ4n) is 2.38. The van der Waals surface area contributed by atoms with Crippen molar-refractivity contribution in [3.8, 4) is 11.5 Å². The molecule has 0 aliphatic carbocycles. The normalized spacial score (nSPS) is 15.4. The second kappa shape index (κ2) is 9.50. The Balaban J connectivity index is 0.00000242. The van der Waals surface area contributed by atoms with Gasteiger partial charge in [-0.25, -0.2) is 0 Å². The molecule has 1 fully saturated rings. The third-order valence-corrected chi connectivity index (χ3v) is 3.47. The molecule has 0 atom stereocenters. The molecule has 1 aliphatic heterocycles. The molecule has 0 unspecified atom stereocenters. The van der Waals surface area contributed by atoms with Crippen LogP contribution in [-0.4, -0.2) is 57.8 Å². The molecule has 124 valence electrons. The van der Waals surface area contributed by atoms with E-state index in [1.807, 2.05) is 6.07 Å². The van der Waals surface area contributed by atoms with Gasteiger partial charge in [0.15, 0.2) is 11.5 Å². The molecule has 0 aromatic heterocycles. The molecule has 1 amide bonds. The van der Waals surface area contributed by atoms with Crippen LogP contribution >= 0.6 is 12.4 Å². The zero-order valence-corrected chi connectivity index (χ0v) is 13.9. The summed E-state index contributed by atoms with van der Waals surface area (Å²) in [6.07, 6.45) is 1.07. The van der Waals surface area contributed by atoms with Crippen LogP contribution in [0.2, 0.25) is 0 Å². The Morgan fingerprint density at radius 1 is 1.23 bits per heavy atom. The first-order valence-electron chi connectivity index (χ1n) is 7.18. The summed E-state index contributed by atoms with van der Waals surface area (Å²) in [5.41, 5.74) is 0.714. The average Bonchev–Trinajstić information content (AvgIpc) is 2.75. The van der Waals surface area contributed by atoms with Crippen LogP contribution < -0.4 is 20.1 Å². The van der Waals surface area contributed by atoms with E-state index in [9.17, 15) is 4.79 Å². The van der Waals surface area contributed by atoms with Gasteiger partial charge in [-0.15, -0.1) is 12.4 Å². The van der Waals surface area contributed by atoms with E-state index in [0.717, 1.165) is 32.6 Å². The second-order valence-corrected chi connectivity index (χ2v) is 5.00. The number of carbonyl (C=O) groups is 1. The van der Waals surface area contributed by atoms with Crippen molar-refractivity contribution >= 4 is 24.0 Å². The first-order valence-corrected chi connectivity index (χ1v) is 7.18.